The lowest BCUT2D eigenvalue weighted by Gasteiger charge is -2.33. The van der Waals surface area contributed by atoms with E-state index in [1.165, 1.54) is 122 Å². The van der Waals surface area contributed by atoms with Gasteiger partial charge in [0, 0.05) is 33.5 Å². The molecule has 0 amide bonds. The largest absolute Gasteiger partial charge is 0.309 e. The van der Waals surface area contributed by atoms with Gasteiger partial charge in [0.25, 0.3) is 0 Å². The lowest BCUT2D eigenvalue weighted by molar-refractivity contribution is 0.875. The molecule has 0 radical (unpaired) electrons. The molecule has 0 bridgehead atoms. The smallest absolute Gasteiger partial charge is 0.0543 e. The number of nitrogens with zero attached hydrogens (tertiary/aromatic N) is 2. The highest BCUT2D eigenvalue weighted by molar-refractivity contribution is 6.29. The summed E-state index contributed by atoms with van der Waals surface area (Å²) < 4.78 is 0. The topological polar surface area (TPSA) is 6.48 Å². The van der Waals surface area contributed by atoms with Gasteiger partial charge >= 0.3 is 0 Å². The Bertz CT molecular complexity index is 2500. The van der Waals surface area contributed by atoms with Gasteiger partial charge in [-0.1, -0.05) is 123 Å². The summed E-state index contributed by atoms with van der Waals surface area (Å²) in [6, 6.07) is 42.2. The quantitative estimate of drug-likeness (QED) is 0.144. The first-order valence-corrected chi connectivity index (χ1v) is 20.4. The molecule has 0 spiro atoms. The van der Waals surface area contributed by atoms with Crippen molar-refractivity contribution < 1.29 is 0 Å². The fraction of sp³-hybridized carbons (Fsp3) is 0.259. The molecule has 0 unspecified atom stereocenters. The maximum absolute atomic E-state index is 2.54. The monoisotopic (exact) mass is 732 g/mol. The molecule has 0 heterocycles. The van der Waals surface area contributed by atoms with Gasteiger partial charge in [0.15, 0.2) is 0 Å². The first-order valence-electron chi connectivity index (χ1n) is 20.4. The molecule has 0 atom stereocenters. The lowest BCUT2D eigenvalue weighted by atomic mass is 9.83. The number of benzene rings is 8. The van der Waals surface area contributed by atoms with Crippen molar-refractivity contribution in [2.45, 2.75) is 94.9 Å². The molecule has 8 aromatic rings. The number of hydrogen-bond acceptors (Lipinski definition) is 2. The maximum Gasteiger partial charge on any atom is 0.0543 e. The van der Waals surface area contributed by atoms with Crippen LogP contribution in [0.3, 0.4) is 0 Å². The third-order valence-corrected chi connectivity index (χ3v) is 12.0. The van der Waals surface area contributed by atoms with Gasteiger partial charge in [-0.2, -0.15) is 0 Å². The highest BCUT2D eigenvalue weighted by Gasteiger charge is 2.27. The summed E-state index contributed by atoms with van der Waals surface area (Å²) >= 11 is 0. The first-order chi connectivity index (χ1) is 26.7. The van der Waals surface area contributed by atoms with E-state index in [1.54, 1.807) is 0 Å². The average molecular weight is 733 g/mol. The van der Waals surface area contributed by atoms with Crippen LogP contribution in [-0.4, -0.2) is 0 Å². The van der Waals surface area contributed by atoms with E-state index in [2.05, 4.69) is 202 Å². The van der Waals surface area contributed by atoms with E-state index in [-0.39, 0.29) is 0 Å². The zero-order valence-electron chi connectivity index (χ0n) is 35.4. The van der Waals surface area contributed by atoms with Crippen LogP contribution in [0.15, 0.2) is 109 Å². The summed E-state index contributed by atoms with van der Waals surface area (Å²) in [5, 5.41) is 7.94. The SMILES string of the molecule is Cc1ccc(N(c2ccc(C)cc2C)c2cc(C(C)C)c3ccc4c(N(c5ccc(C)cc5C)c5ccc(C)cc5C)cc(C(C)C)c5ccc2c3c54)c(C)c1. The number of rotatable bonds is 8. The van der Waals surface area contributed by atoms with Crippen molar-refractivity contribution in [2.75, 3.05) is 9.80 Å². The van der Waals surface area contributed by atoms with E-state index in [9.17, 15) is 0 Å². The number of aryl methyl sites for hydroxylation is 8. The Morgan fingerprint density at radius 3 is 0.821 bits per heavy atom. The van der Waals surface area contributed by atoms with Gasteiger partial charge in [0.2, 0.25) is 0 Å². The summed E-state index contributed by atoms with van der Waals surface area (Å²) in [7, 11) is 0. The zero-order chi connectivity index (χ0) is 39.7. The van der Waals surface area contributed by atoms with Crippen LogP contribution < -0.4 is 9.80 Å². The molecule has 0 saturated carbocycles. The van der Waals surface area contributed by atoms with Gasteiger partial charge in [-0.3, -0.25) is 0 Å². The Morgan fingerprint density at radius 1 is 0.304 bits per heavy atom. The van der Waals surface area contributed by atoms with Crippen molar-refractivity contribution in [3.05, 3.63) is 165 Å². The molecule has 56 heavy (non-hydrogen) atoms. The maximum atomic E-state index is 2.54. The van der Waals surface area contributed by atoms with Crippen LogP contribution >= 0.6 is 0 Å². The summed E-state index contributed by atoms with van der Waals surface area (Å²) in [6.07, 6.45) is 0. The zero-order valence-corrected chi connectivity index (χ0v) is 35.4. The minimum absolute atomic E-state index is 0.323. The van der Waals surface area contributed by atoms with Crippen LogP contribution in [-0.2, 0) is 0 Å². The van der Waals surface area contributed by atoms with Gasteiger partial charge in [-0.05, 0) is 159 Å². The highest BCUT2D eigenvalue weighted by atomic mass is 15.2. The fourth-order valence-corrected chi connectivity index (χ4v) is 9.34. The molecule has 8 rings (SSSR count). The molecule has 8 aromatic carbocycles. The standard InChI is InChI=1S/C54H56N2/c1-31(2)45-29-51(55(47-21-13-33(5)25-37(47)9)48-22-14-34(6)26-38(48)10)43-20-18-42-46(32(3)4)30-52(44-19-17-41(45)53(43)54(42)44)56(49-23-15-35(7)27-39(49)11)50-24-16-36(8)28-40(50)12/h13-32H,1-12H3. The number of hydrogen-bond donors (Lipinski definition) is 0. The van der Waals surface area contributed by atoms with E-state index < -0.39 is 0 Å². The van der Waals surface area contributed by atoms with Crippen LogP contribution in [0, 0.1) is 55.4 Å². The van der Waals surface area contributed by atoms with Crippen LogP contribution in [0.1, 0.15) is 95.2 Å². The third kappa shape index (κ3) is 6.20. The third-order valence-electron chi connectivity index (χ3n) is 12.0. The summed E-state index contributed by atoms with van der Waals surface area (Å²) in [6.45, 7) is 27.2. The average Bonchev–Trinajstić information content (AvgIpc) is 3.14. The van der Waals surface area contributed by atoms with Crippen LogP contribution in [0.4, 0.5) is 34.1 Å². The fourth-order valence-electron chi connectivity index (χ4n) is 9.34. The van der Waals surface area contributed by atoms with Gasteiger partial charge in [-0.25, -0.2) is 0 Å². The van der Waals surface area contributed by atoms with E-state index >= 15 is 0 Å². The summed E-state index contributed by atoms with van der Waals surface area (Å²) in [5.41, 5.74) is 20.2. The minimum Gasteiger partial charge on any atom is -0.309 e. The molecular formula is C54H56N2. The van der Waals surface area contributed by atoms with Crippen molar-refractivity contribution in [3.63, 3.8) is 0 Å². The molecule has 0 aromatic heterocycles. The Hall–Kier alpha value is -5.60. The highest BCUT2D eigenvalue weighted by Crippen LogP contribution is 2.52. The minimum atomic E-state index is 0.323. The first kappa shape index (κ1) is 37.3. The van der Waals surface area contributed by atoms with E-state index in [4.69, 9.17) is 0 Å². The van der Waals surface area contributed by atoms with Crippen LogP contribution in [0.25, 0.3) is 32.3 Å². The Morgan fingerprint density at radius 2 is 0.571 bits per heavy atom. The van der Waals surface area contributed by atoms with Gasteiger partial charge in [0.1, 0.15) is 0 Å². The van der Waals surface area contributed by atoms with Gasteiger partial charge < -0.3 is 9.80 Å². The van der Waals surface area contributed by atoms with Crippen molar-refractivity contribution in [1.82, 2.24) is 0 Å². The Balaban J connectivity index is 1.55. The lowest BCUT2D eigenvalue weighted by Crippen LogP contribution is -2.15. The summed E-state index contributed by atoms with van der Waals surface area (Å²) in [5.74, 6) is 0.647. The van der Waals surface area contributed by atoms with Crippen molar-refractivity contribution in [2.24, 2.45) is 0 Å². The number of anilines is 6. The second-order valence-electron chi connectivity index (χ2n) is 17.2. The van der Waals surface area contributed by atoms with E-state index in [0.29, 0.717) is 11.8 Å². The predicted octanol–water partition coefficient (Wildman–Crippen LogP) is 16.2. The Labute approximate surface area is 334 Å². The molecule has 0 aliphatic carbocycles. The molecular weight excluding hydrogens is 677 g/mol. The molecule has 2 heteroatoms. The molecule has 0 N–H and O–H groups in total. The van der Waals surface area contributed by atoms with E-state index in [0.717, 1.165) is 0 Å². The second-order valence-corrected chi connectivity index (χ2v) is 17.2. The molecule has 0 aliphatic rings. The van der Waals surface area contributed by atoms with Crippen LogP contribution in [0.5, 0.6) is 0 Å². The van der Waals surface area contributed by atoms with Gasteiger partial charge in [-0.15, -0.1) is 0 Å². The van der Waals surface area contributed by atoms with Gasteiger partial charge in [0.05, 0.1) is 11.4 Å². The normalized spacial score (nSPS) is 11.9. The van der Waals surface area contributed by atoms with Crippen molar-refractivity contribution in [1.29, 1.82) is 0 Å². The molecule has 0 aliphatic heterocycles. The van der Waals surface area contributed by atoms with Crippen molar-refractivity contribution in [3.8, 4) is 0 Å². The second kappa shape index (κ2) is 14.2. The van der Waals surface area contributed by atoms with Crippen molar-refractivity contribution >= 4 is 66.4 Å². The van der Waals surface area contributed by atoms with Crippen LogP contribution in [0.2, 0.25) is 0 Å². The molecule has 0 saturated heterocycles. The molecule has 2 nitrogen and oxygen atoms in total. The summed E-state index contributed by atoms with van der Waals surface area (Å²) in [4.78, 5) is 5.09. The Kier molecular flexibility index (Phi) is 9.44. The van der Waals surface area contributed by atoms with E-state index in [1.807, 2.05) is 0 Å². The molecule has 0 fully saturated rings. The predicted molar refractivity (Wildman–Crippen MR) is 246 cm³/mol. The molecule has 282 valence electrons.